The van der Waals surface area contributed by atoms with E-state index in [1.165, 1.54) is 6.07 Å². The van der Waals surface area contributed by atoms with Crippen LogP contribution in [0.4, 0.5) is 4.39 Å². The topological polar surface area (TPSA) is 104 Å². The molecule has 1 fully saturated rings. The number of hydrogen-bond donors (Lipinski definition) is 3. The molecule has 0 bridgehead atoms. The molecule has 184 valence electrons. The van der Waals surface area contributed by atoms with Gasteiger partial charge in [-0.15, -0.1) is 11.3 Å². The van der Waals surface area contributed by atoms with Crippen molar-refractivity contribution < 1.29 is 9.13 Å². The predicted octanol–water partition coefficient (Wildman–Crippen LogP) is 5.56. The summed E-state index contributed by atoms with van der Waals surface area (Å²) >= 11 is 1.11. The quantitative estimate of drug-likeness (QED) is 0.280. The van der Waals surface area contributed by atoms with Crippen molar-refractivity contribution in [2.75, 3.05) is 13.1 Å². The van der Waals surface area contributed by atoms with E-state index in [4.69, 9.17) is 9.72 Å². The van der Waals surface area contributed by atoms with Crippen LogP contribution in [0.25, 0.3) is 55.2 Å². The SMILES string of the molecule is Fc1ccc(-c2ccnc3[nH]c(-c4n[nH]c5ccc(-c6cncc(OC7CCNCC7)c6)nc45)cc23)s1. The number of nitrogens with zero attached hydrogens (tertiary/aromatic N) is 4. The van der Waals surface area contributed by atoms with Gasteiger partial charge in [0.15, 0.2) is 5.13 Å². The number of fused-ring (bicyclic) bond motifs is 2. The standard InChI is InChI=1S/C27H22FN7OS/c28-24-4-3-23(37-24)18-7-10-31-27-19(18)12-22(33-27)26-25-21(34-35-26)2-1-20(32-25)15-11-17(14-30-13-15)36-16-5-8-29-9-6-16/h1-4,7,10-14,16,29H,5-6,8-9H2,(H,31,33)(H,34,35). The fourth-order valence-corrected chi connectivity index (χ4v) is 5.58. The number of hydrogen-bond acceptors (Lipinski definition) is 7. The molecule has 6 aromatic heterocycles. The van der Waals surface area contributed by atoms with E-state index in [-0.39, 0.29) is 11.2 Å². The summed E-state index contributed by atoms with van der Waals surface area (Å²) in [5, 5.41) is 11.7. The lowest BCUT2D eigenvalue weighted by Gasteiger charge is -2.23. The monoisotopic (exact) mass is 511 g/mol. The van der Waals surface area contributed by atoms with Gasteiger partial charge in [0.1, 0.15) is 28.7 Å². The molecular weight excluding hydrogens is 489 g/mol. The van der Waals surface area contributed by atoms with E-state index in [0.29, 0.717) is 11.3 Å². The van der Waals surface area contributed by atoms with Gasteiger partial charge in [-0.2, -0.15) is 9.49 Å². The molecule has 0 amide bonds. The molecule has 0 aliphatic carbocycles. The van der Waals surface area contributed by atoms with Gasteiger partial charge in [-0.05, 0) is 68.4 Å². The van der Waals surface area contributed by atoms with Gasteiger partial charge in [-0.1, -0.05) is 0 Å². The third-order valence-corrected chi connectivity index (χ3v) is 7.54. The summed E-state index contributed by atoms with van der Waals surface area (Å²) in [6, 6.07) is 13.1. The van der Waals surface area contributed by atoms with Gasteiger partial charge in [0.05, 0.1) is 23.1 Å². The third-order valence-electron chi connectivity index (χ3n) is 6.63. The maximum atomic E-state index is 13.7. The largest absolute Gasteiger partial charge is 0.489 e. The third kappa shape index (κ3) is 4.13. The first-order valence-electron chi connectivity index (χ1n) is 12.1. The Kier molecular flexibility index (Phi) is 5.40. The zero-order valence-corrected chi connectivity index (χ0v) is 20.5. The molecule has 7 heterocycles. The first-order valence-corrected chi connectivity index (χ1v) is 12.9. The number of thiophene rings is 1. The van der Waals surface area contributed by atoms with Gasteiger partial charge in [0.25, 0.3) is 0 Å². The molecule has 0 spiro atoms. The van der Waals surface area contributed by atoms with E-state index in [2.05, 4.69) is 30.5 Å². The second kappa shape index (κ2) is 9.06. The first kappa shape index (κ1) is 22.1. The Morgan fingerprint density at radius 1 is 1.03 bits per heavy atom. The van der Waals surface area contributed by atoms with E-state index < -0.39 is 0 Å². The summed E-state index contributed by atoms with van der Waals surface area (Å²) in [7, 11) is 0. The minimum absolute atomic E-state index is 0.195. The van der Waals surface area contributed by atoms with Crippen molar-refractivity contribution in [2.24, 2.45) is 0 Å². The van der Waals surface area contributed by atoms with Crippen LogP contribution in [0.5, 0.6) is 5.75 Å². The average molecular weight is 512 g/mol. The molecule has 7 rings (SSSR count). The molecule has 3 N–H and O–H groups in total. The van der Waals surface area contributed by atoms with Crippen LogP contribution in [0.1, 0.15) is 12.8 Å². The molecule has 8 nitrogen and oxygen atoms in total. The Bertz CT molecular complexity index is 1730. The van der Waals surface area contributed by atoms with Crippen LogP contribution < -0.4 is 10.1 Å². The first-order chi connectivity index (χ1) is 18.2. The molecule has 10 heteroatoms. The number of ether oxygens (including phenoxy) is 1. The van der Waals surface area contributed by atoms with Gasteiger partial charge in [-0.25, -0.2) is 9.97 Å². The van der Waals surface area contributed by atoms with Gasteiger partial charge in [-0.3, -0.25) is 10.1 Å². The molecule has 6 aromatic rings. The highest BCUT2D eigenvalue weighted by atomic mass is 32.1. The number of pyridine rings is 3. The maximum absolute atomic E-state index is 13.7. The van der Waals surface area contributed by atoms with Crippen molar-refractivity contribution in [3.8, 4) is 38.8 Å². The zero-order valence-electron chi connectivity index (χ0n) is 19.7. The van der Waals surface area contributed by atoms with Crippen LogP contribution >= 0.6 is 11.3 Å². The summed E-state index contributed by atoms with van der Waals surface area (Å²) in [5.41, 5.74) is 6.31. The van der Waals surface area contributed by atoms with Crippen LogP contribution in [0.15, 0.2) is 61.1 Å². The lowest BCUT2D eigenvalue weighted by atomic mass is 10.1. The Morgan fingerprint density at radius 3 is 2.81 bits per heavy atom. The van der Waals surface area contributed by atoms with Crippen LogP contribution in [-0.2, 0) is 0 Å². The number of rotatable bonds is 5. The van der Waals surface area contributed by atoms with Crippen LogP contribution in [0.3, 0.4) is 0 Å². The molecule has 0 unspecified atom stereocenters. The summed E-state index contributed by atoms with van der Waals surface area (Å²) in [4.78, 5) is 18.0. The number of aromatic amines is 2. The Labute approximate surface area is 215 Å². The lowest BCUT2D eigenvalue weighted by Crippen LogP contribution is -2.34. The Hall–Kier alpha value is -4.15. The van der Waals surface area contributed by atoms with E-state index in [1.807, 2.05) is 30.3 Å². The minimum atomic E-state index is -0.217. The fourth-order valence-electron chi connectivity index (χ4n) is 4.81. The van der Waals surface area contributed by atoms with E-state index in [1.54, 1.807) is 24.7 Å². The number of aromatic nitrogens is 6. The Balaban J connectivity index is 1.26. The van der Waals surface area contributed by atoms with Gasteiger partial charge in [0, 0.05) is 33.8 Å². The fraction of sp³-hybridized carbons (Fsp3) is 0.185. The van der Waals surface area contributed by atoms with Crippen molar-refractivity contribution in [1.29, 1.82) is 0 Å². The second-order valence-corrected chi connectivity index (χ2v) is 10.1. The minimum Gasteiger partial charge on any atom is -0.489 e. The highest BCUT2D eigenvalue weighted by molar-refractivity contribution is 7.14. The molecule has 0 radical (unpaired) electrons. The van der Waals surface area contributed by atoms with Crippen molar-refractivity contribution in [1.82, 2.24) is 35.5 Å². The van der Waals surface area contributed by atoms with Crippen LogP contribution in [-0.4, -0.2) is 49.3 Å². The van der Waals surface area contributed by atoms with Crippen LogP contribution in [0.2, 0.25) is 0 Å². The molecule has 1 aliphatic heterocycles. The average Bonchev–Trinajstić information content (AvgIpc) is 3.66. The normalized spacial score (nSPS) is 14.5. The second-order valence-electron chi connectivity index (χ2n) is 9.05. The number of halogens is 1. The van der Waals surface area contributed by atoms with Crippen molar-refractivity contribution >= 4 is 33.4 Å². The highest BCUT2D eigenvalue weighted by Gasteiger charge is 2.18. The Morgan fingerprint density at radius 2 is 1.95 bits per heavy atom. The summed E-state index contributed by atoms with van der Waals surface area (Å²) in [5.74, 6) is 0.748. The molecular formula is C27H22FN7OS. The summed E-state index contributed by atoms with van der Waals surface area (Å²) < 4.78 is 19.9. The van der Waals surface area contributed by atoms with E-state index >= 15 is 0 Å². The number of nitrogens with one attached hydrogen (secondary N) is 3. The number of piperidine rings is 1. The van der Waals surface area contributed by atoms with Crippen molar-refractivity contribution in [3.63, 3.8) is 0 Å². The number of H-pyrrole nitrogens is 2. The smallest absolute Gasteiger partial charge is 0.176 e. The molecule has 1 aliphatic rings. The predicted molar refractivity (Wildman–Crippen MR) is 142 cm³/mol. The molecule has 0 atom stereocenters. The van der Waals surface area contributed by atoms with Gasteiger partial charge in [0.2, 0.25) is 0 Å². The zero-order chi connectivity index (χ0) is 24.8. The summed E-state index contributed by atoms with van der Waals surface area (Å²) in [6.45, 7) is 1.93. The summed E-state index contributed by atoms with van der Waals surface area (Å²) in [6.07, 6.45) is 7.43. The van der Waals surface area contributed by atoms with Crippen LogP contribution in [0, 0.1) is 5.13 Å². The highest BCUT2D eigenvalue weighted by Crippen LogP contribution is 2.36. The molecule has 1 saturated heterocycles. The van der Waals surface area contributed by atoms with Crippen molar-refractivity contribution in [2.45, 2.75) is 18.9 Å². The van der Waals surface area contributed by atoms with Crippen molar-refractivity contribution in [3.05, 3.63) is 66.2 Å². The van der Waals surface area contributed by atoms with E-state index in [0.717, 1.165) is 86.8 Å². The van der Waals surface area contributed by atoms with Gasteiger partial charge >= 0.3 is 0 Å². The maximum Gasteiger partial charge on any atom is 0.176 e. The van der Waals surface area contributed by atoms with E-state index in [9.17, 15) is 4.39 Å². The molecule has 37 heavy (non-hydrogen) atoms. The molecule has 0 saturated carbocycles. The lowest BCUT2D eigenvalue weighted by molar-refractivity contribution is 0.162. The van der Waals surface area contributed by atoms with Gasteiger partial charge < -0.3 is 15.0 Å². The molecule has 0 aromatic carbocycles.